The molecule has 0 aliphatic rings. The normalized spacial score (nSPS) is 11.7. The molecule has 0 fully saturated rings. The molecule has 2 rings (SSSR count). The third-order valence-corrected chi connectivity index (χ3v) is 5.00. The summed E-state index contributed by atoms with van der Waals surface area (Å²) in [5, 5.41) is 7.87. The molecule has 142 valence electrons. The van der Waals surface area contributed by atoms with Crippen LogP contribution in [0.2, 0.25) is 0 Å². The monoisotopic (exact) mass is 374 g/mol. The molecule has 26 heavy (non-hydrogen) atoms. The third-order valence-electron chi connectivity index (χ3n) is 3.80. The molecule has 1 aromatic heterocycles. The maximum absolute atomic E-state index is 5.91. The fourth-order valence-electron chi connectivity index (χ4n) is 2.36. The van der Waals surface area contributed by atoms with E-state index in [4.69, 9.17) is 4.74 Å². The largest absolute Gasteiger partial charge is 0.493 e. The highest BCUT2D eigenvalue weighted by Crippen LogP contribution is 2.18. The van der Waals surface area contributed by atoms with E-state index in [1.807, 2.05) is 24.4 Å². The number of nitrogens with one attached hydrogen (secondary N) is 2. The summed E-state index contributed by atoms with van der Waals surface area (Å²) in [6.45, 7) is 8.66. The molecule has 0 aliphatic heterocycles. The average molecular weight is 375 g/mol. The van der Waals surface area contributed by atoms with E-state index in [0.29, 0.717) is 12.5 Å². The third kappa shape index (κ3) is 6.67. The van der Waals surface area contributed by atoms with Gasteiger partial charge in [0, 0.05) is 43.2 Å². The minimum Gasteiger partial charge on any atom is -0.493 e. The molecule has 0 spiro atoms. The van der Waals surface area contributed by atoms with Gasteiger partial charge in [-0.25, -0.2) is 4.98 Å². The van der Waals surface area contributed by atoms with Gasteiger partial charge in [-0.2, -0.15) is 0 Å². The maximum Gasteiger partial charge on any atom is 0.191 e. The number of ether oxygens (including phenoxy) is 1. The van der Waals surface area contributed by atoms with E-state index in [1.54, 1.807) is 18.4 Å². The first kappa shape index (κ1) is 20.2. The van der Waals surface area contributed by atoms with Crippen LogP contribution in [0, 0.1) is 5.92 Å². The van der Waals surface area contributed by atoms with E-state index in [2.05, 4.69) is 47.4 Å². The van der Waals surface area contributed by atoms with E-state index >= 15 is 0 Å². The van der Waals surface area contributed by atoms with Crippen molar-refractivity contribution in [1.82, 2.24) is 15.6 Å². The van der Waals surface area contributed by atoms with Crippen LogP contribution < -0.4 is 15.4 Å². The van der Waals surface area contributed by atoms with Gasteiger partial charge >= 0.3 is 0 Å². The number of benzene rings is 1. The van der Waals surface area contributed by atoms with Crippen LogP contribution in [0.3, 0.4) is 0 Å². The summed E-state index contributed by atoms with van der Waals surface area (Å²) in [6, 6.07) is 8.13. The van der Waals surface area contributed by atoms with Crippen LogP contribution in [0.1, 0.15) is 36.2 Å². The molecule has 1 aromatic carbocycles. The Hall–Kier alpha value is -2.08. The summed E-state index contributed by atoms with van der Waals surface area (Å²) in [5.41, 5.74) is 1.13. The molecule has 1 heterocycles. The van der Waals surface area contributed by atoms with Gasteiger partial charge in [0.2, 0.25) is 0 Å². The van der Waals surface area contributed by atoms with Crippen LogP contribution in [0.15, 0.2) is 35.5 Å². The van der Waals surface area contributed by atoms with Crippen molar-refractivity contribution in [3.8, 4) is 5.75 Å². The lowest BCUT2D eigenvalue weighted by atomic mass is 10.2. The molecule has 2 aromatic rings. The first-order valence-electron chi connectivity index (χ1n) is 9.21. The highest BCUT2D eigenvalue weighted by atomic mass is 32.1. The Morgan fingerprint density at radius 1 is 1.27 bits per heavy atom. The number of nitrogens with zero attached hydrogens (tertiary/aromatic N) is 2. The summed E-state index contributed by atoms with van der Waals surface area (Å²) in [4.78, 5) is 10.1. The number of aromatic nitrogens is 1. The first-order valence-corrected chi connectivity index (χ1v) is 10.0. The summed E-state index contributed by atoms with van der Waals surface area (Å²) >= 11 is 1.78. The van der Waals surface area contributed by atoms with Gasteiger partial charge in [-0.05, 0) is 18.4 Å². The molecule has 0 unspecified atom stereocenters. The standard InChI is InChI=1S/C20H30N4OS/c1-5-17-13-23-19(26-17)10-11-22-20(21-4)24-12-16-8-6-7-9-18(16)25-14-15(2)3/h6-9,13,15H,5,10-12,14H2,1-4H3,(H2,21,22,24). The second-order valence-corrected chi connectivity index (χ2v) is 7.69. The maximum atomic E-state index is 5.91. The Bertz CT molecular complexity index is 697. The molecule has 2 N–H and O–H groups in total. The molecule has 0 radical (unpaired) electrons. The van der Waals surface area contributed by atoms with E-state index < -0.39 is 0 Å². The van der Waals surface area contributed by atoms with Crippen molar-refractivity contribution in [2.24, 2.45) is 10.9 Å². The Balaban J connectivity index is 1.81. The van der Waals surface area contributed by atoms with Gasteiger partial charge < -0.3 is 15.4 Å². The highest BCUT2D eigenvalue weighted by molar-refractivity contribution is 7.11. The van der Waals surface area contributed by atoms with Crippen molar-refractivity contribution in [3.63, 3.8) is 0 Å². The molecular weight excluding hydrogens is 344 g/mol. The van der Waals surface area contributed by atoms with Gasteiger partial charge in [0.05, 0.1) is 11.6 Å². The zero-order chi connectivity index (χ0) is 18.8. The van der Waals surface area contributed by atoms with E-state index in [-0.39, 0.29) is 0 Å². The number of aliphatic imine (C=N–C) groups is 1. The topological polar surface area (TPSA) is 58.5 Å². The van der Waals surface area contributed by atoms with Crippen molar-refractivity contribution in [3.05, 3.63) is 45.9 Å². The van der Waals surface area contributed by atoms with Crippen molar-refractivity contribution >= 4 is 17.3 Å². The zero-order valence-corrected chi connectivity index (χ0v) is 17.0. The second kappa shape index (κ2) is 10.8. The van der Waals surface area contributed by atoms with Crippen molar-refractivity contribution in [1.29, 1.82) is 0 Å². The van der Waals surface area contributed by atoms with Gasteiger partial charge in [0.25, 0.3) is 0 Å². The number of guanidine groups is 1. The number of hydrogen-bond acceptors (Lipinski definition) is 4. The predicted molar refractivity (Wildman–Crippen MR) is 110 cm³/mol. The summed E-state index contributed by atoms with van der Waals surface area (Å²) in [7, 11) is 1.79. The Morgan fingerprint density at radius 2 is 2.08 bits per heavy atom. The zero-order valence-electron chi connectivity index (χ0n) is 16.2. The van der Waals surface area contributed by atoms with E-state index in [0.717, 1.165) is 48.3 Å². The molecule has 0 aliphatic carbocycles. The van der Waals surface area contributed by atoms with Crippen LogP contribution in [-0.2, 0) is 19.4 Å². The summed E-state index contributed by atoms with van der Waals surface area (Å²) in [6.07, 6.45) is 3.92. The lowest BCUT2D eigenvalue weighted by Gasteiger charge is -2.15. The van der Waals surface area contributed by atoms with Crippen LogP contribution in [0.25, 0.3) is 0 Å². The van der Waals surface area contributed by atoms with Gasteiger partial charge in [0.15, 0.2) is 5.96 Å². The number of para-hydroxylation sites is 1. The highest BCUT2D eigenvalue weighted by Gasteiger charge is 2.06. The van der Waals surface area contributed by atoms with Gasteiger partial charge in [-0.3, -0.25) is 4.99 Å². The lowest BCUT2D eigenvalue weighted by molar-refractivity contribution is 0.268. The minimum absolute atomic E-state index is 0.504. The van der Waals surface area contributed by atoms with E-state index in [1.165, 1.54) is 4.88 Å². The molecule has 6 heteroatoms. The van der Waals surface area contributed by atoms with Crippen molar-refractivity contribution in [2.75, 3.05) is 20.2 Å². The molecule has 0 saturated carbocycles. The Labute approximate surface area is 160 Å². The molecule has 0 atom stereocenters. The summed E-state index contributed by atoms with van der Waals surface area (Å²) in [5.74, 6) is 2.22. The smallest absolute Gasteiger partial charge is 0.191 e. The molecule has 5 nitrogen and oxygen atoms in total. The number of rotatable bonds is 9. The van der Waals surface area contributed by atoms with Crippen LogP contribution >= 0.6 is 11.3 Å². The van der Waals surface area contributed by atoms with Crippen LogP contribution in [0.5, 0.6) is 5.75 Å². The van der Waals surface area contributed by atoms with Crippen molar-refractivity contribution in [2.45, 2.75) is 40.2 Å². The molecule has 0 amide bonds. The minimum atomic E-state index is 0.504. The number of aryl methyl sites for hydroxylation is 1. The number of hydrogen-bond donors (Lipinski definition) is 2. The van der Waals surface area contributed by atoms with Crippen LogP contribution in [-0.4, -0.2) is 31.1 Å². The fourth-order valence-corrected chi connectivity index (χ4v) is 3.22. The lowest BCUT2D eigenvalue weighted by Crippen LogP contribution is -2.37. The van der Waals surface area contributed by atoms with Crippen molar-refractivity contribution < 1.29 is 4.74 Å². The average Bonchev–Trinajstić information content (AvgIpc) is 3.11. The Kier molecular flexibility index (Phi) is 8.41. The molecule has 0 bridgehead atoms. The number of thiazole rings is 1. The van der Waals surface area contributed by atoms with E-state index in [9.17, 15) is 0 Å². The Morgan fingerprint density at radius 3 is 2.77 bits per heavy atom. The van der Waals surface area contributed by atoms with Gasteiger partial charge in [0.1, 0.15) is 5.75 Å². The van der Waals surface area contributed by atoms with Crippen LogP contribution in [0.4, 0.5) is 0 Å². The SMILES string of the molecule is CCc1cnc(CCNC(=NC)NCc2ccccc2OCC(C)C)s1. The molecular formula is C20H30N4OS. The quantitative estimate of drug-likeness (QED) is 0.520. The second-order valence-electron chi connectivity index (χ2n) is 6.49. The van der Waals surface area contributed by atoms with Gasteiger partial charge in [-0.15, -0.1) is 11.3 Å². The fraction of sp³-hybridized carbons (Fsp3) is 0.500. The molecule has 0 saturated heterocycles. The van der Waals surface area contributed by atoms with Gasteiger partial charge in [-0.1, -0.05) is 39.0 Å². The first-order chi connectivity index (χ1) is 12.6. The summed E-state index contributed by atoms with van der Waals surface area (Å²) < 4.78 is 5.91. The predicted octanol–water partition coefficient (Wildman–Crippen LogP) is 3.65.